The van der Waals surface area contributed by atoms with Crippen molar-refractivity contribution in [3.05, 3.63) is 16.6 Å². The zero-order valence-corrected chi connectivity index (χ0v) is 14.5. The zero-order valence-electron chi connectivity index (χ0n) is 13.7. The Kier molecular flexibility index (Phi) is 6.79. The molecule has 0 aliphatic carbocycles. The maximum absolute atomic E-state index is 12.4. The van der Waals surface area contributed by atoms with Crippen LogP contribution < -0.4 is 5.32 Å². The molecule has 1 aromatic heterocycles. The van der Waals surface area contributed by atoms with Gasteiger partial charge in [0, 0.05) is 57.2 Å². The molecule has 0 unspecified atom stereocenters. The van der Waals surface area contributed by atoms with Crippen LogP contribution in [0, 0.1) is 5.92 Å². The van der Waals surface area contributed by atoms with E-state index in [0.717, 1.165) is 18.1 Å². The van der Waals surface area contributed by atoms with Gasteiger partial charge in [0.1, 0.15) is 5.01 Å². The third kappa shape index (κ3) is 5.18. The Morgan fingerprint density at radius 2 is 2.43 bits per heavy atom. The number of thiazole rings is 1. The van der Waals surface area contributed by atoms with Crippen molar-refractivity contribution in [3.63, 3.8) is 0 Å². The quantitative estimate of drug-likeness (QED) is 0.771. The molecule has 1 aliphatic rings. The summed E-state index contributed by atoms with van der Waals surface area (Å²) in [5.74, 6) is 0.362. The summed E-state index contributed by atoms with van der Waals surface area (Å²) in [5, 5.41) is 5.73. The molecule has 1 aromatic rings. The summed E-state index contributed by atoms with van der Waals surface area (Å²) in [7, 11) is 1.61. The van der Waals surface area contributed by atoms with Gasteiger partial charge >= 0.3 is 6.03 Å². The van der Waals surface area contributed by atoms with E-state index in [0.29, 0.717) is 32.7 Å². The Labute approximate surface area is 140 Å². The molecular formula is C15H24N4O3S. The normalized spacial score (nSPS) is 17.6. The third-order valence-corrected chi connectivity index (χ3v) is 4.64. The molecule has 0 radical (unpaired) electrons. The topological polar surface area (TPSA) is 74.8 Å². The van der Waals surface area contributed by atoms with Crippen LogP contribution in [0.5, 0.6) is 0 Å². The molecule has 1 fully saturated rings. The largest absolute Gasteiger partial charge is 0.383 e. The van der Waals surface area contributed by atoms with Gasteiger partial charge in [0.05, 0.1) is 13.2 Å². The highest BCUT2D eigenvalue weighted by Crippen LogP contribution is 2.16. The number of urea groups is 1. The molecule has 0 bridgehead atoms. The van der Waals surface area contributed by atoms with Gasteiger partial charge < -0.3 is 19.9 Å². The van der Waals surface area contributed by atoms with Crippen molar-refractivity contribution < 1.29 is 14.3 Å². The number of carbonyl (C=O) groups is 2. The predicted octanol–water partition coefficient (Wildman–Crippen LogP) is 1.17. The molecule has 1 aliphatic heterocycles. The van der Waals surface area contributed by atoms with Crippen LogP contribution in [0.15, 0.2) is 11.6 Å². The van der Waals surface area contributed by atoms with E-state index < -0.39 is 0 Å². The van der Waals surface area contributed by atoms with Gasteiger partial charge in [-0.2, -0.15) is 0 Å². The van der Waals surface area contributed by atoms with E-state index in [1.54, 1.807) is 18.2 Å². The number of amides is 3. The lowest BCUT2D eigenvalue weighted by Gasteiger charge is -2.23. The fourth-order valence-electron chi connectivity index (χ4n) is 2.59. The summed E-state index contributed by atoms with van der Waals surface area (Å²) in [4.78, 5) is 31.9. The van der Waals surface area contributed by atoms with E-state index in [1.165, 1.54) is 11.3 Å². The summed E-state index contributed by atoms with van der Waals surface area (Å²) in [5.41, 5.74) is 0. The molecule has 2 heterocycles. The molecule has 7 nitrogen and oxygen atoms in total. The maximum Gasteiger partial charge on any atom is 0.317 e. The van der Waals surface area contributed by atoms with E-state index in [-0.39, 0.29) is 17.9 Å². The molecule has 1 saturated heterocycles. The minimum Gasteiger partial charge on any atom is -0.383 e. The van der Waals surface area contributed by atoms with Gasteiger partial charge in [0.15, 0.2) is 0 Å². The second-order valence-corrected chi connectivity index (χ2v) is 6.51. The van der Waals surface area contributed by atoms with Crippen molar-refractivity contribution in [2.24, 2.45) is 5.92 Å². The van der Waals surface area contributed by atoms with Crippen molar-refractivity contribution in [2.45, 2.75) is 19.9 Å². The monoisotopic (exact) mass is 340 g/mol. The summed E-state index contributed by atoms with van der Waals surface area (Å²) >= 11 is 1.52. The standard InChI is InChI=1S/C15H24N4O3S/c1-3-18-10-12(8-14(18)20)9-17-15(21)19(5-6-22-2)11-13-16-4-7-23-13/h4,7,12H,3,5-6,8-11H2,1-2H3,(H,17,21)/t12-/m1/s1. The van der Waals surface area contributed by atoms with Crippen LogP contribution in [0.2, 0.25) is 0 Å². The summed E-state index contributed by atoms with van der Waals surface area (Å²) < 4.78 is 5.07. The van der Waals surface area contributed by atoms with E-state index in [9.17, 15) is 9.59 Å². The number of ether oxygens (including phenoxy) is 1. The molecule has 23 heavy (non-hydrogen) atoms. The van der Waals surface area contributed by atoms with Crippen LogP contribution in [-0.2, 0) is 16.1 Å². The van der Waals surface area contributed by atoms with Gasteiger partial charge in [-0.25, -0.2) is 9.78 Å². The average Bonchev–Trinajstić information content (AvgIpc) is 3.18. The second kappa shape index (κ2) is 8.83. The van der Waals surface area contributed by atoms with Crippen molar-refractivity contribution in [1.82, 2.24) is 20.1 Å². The first-order valence-corrected chi connectivity index (χ1v) is 8.69. The summed E-state index contributed by atoms with van der Waals surface area (Å²) in [6, 6.07) is -0.139. The van der Waals surface area contributed by atoms with Crippen LogP contribution >= 0.6 is 11.3 Å². The van der Waals surface area contributed by atoms with Crippen LogP contribution in [0.4, 0.5) is 4.79 Å². The minimum atomic E-state index is -0.139. The number of methoxy groups -OCH3 is 1. The Hall–Kier alpha value is -1.67. The molecule has 128 valence electrons. The van der Waals surface area contributed by atoms with Crippen LogP contribution in [0.1, 0.15) is 18.4 Å². The molecule has 1 atom stereocenters. The zero-order chi connectivity index (χ0) is 16.7. The van der Waals surface area contributed by atoms with Gasteiger partial charge in [-0.3, -0.25) is 4.79 Å². The highest BCUT2D eigenvalue weighted by atomic mass is 32.1. The average molecular weight is 340 g/mol. The van der Waals surface area contributed by atoms with Crippen LogP contribution in [-0.4, -0.2) is 66.6 Å². The van der Waals surface area contributed by atoms with Gasteiger partial charge in [-0.05, 0) is 6.92 Å². The smallest absolute Gasteiger partial charge is 0.317 e. The molecule has 1 N–H and O–H groups in total. The van der Waals surface area contributed by atoms with Gasteiger partial charge in [0.2, 0.25) is 5.91 Å². The first-order chi connectivity index (χ1) is 11.1. The third-order valence-electron chi connectivity index (χ3n) is 3.88. The molecule has 3 amide bonds. The number of rotatable bonds is 8. The Balaban J connectivity index is 1.83. The van der Waals surface area contributed by atoms with E-state index >= 15 is 0 Å². The number of hydrogen-bond acceptors (Lipinski definition) is 5. The molecule has 0 aromatic carbocycles. The Morgan fingerprint density at radius 1 is 1.61 bits per heavy atom. The summed E-state index contributed by atoms with van der Waals surface area (Å²) in [6.45, 7) is 5.39. The lowest BCUT2D eigenvalue weighted by Crippen LogP contribution is -2.43. The maximum atomic E-state index is 12.4. The number of aromatic nitrogens is 1. The summed E-state index contributed by atoms with van der Waals surface area (Å²) in [6.07, 6.45) is 2.24. The first-order valence-electron chi connectivity index (χ1n) is 7.81. The highest BCUT2D eigenvalue weighted by molar-refractivity contribution is 7.09. The number of hydrogen-bond donors (Lipinski definition) is 1. The molecule has 8 heteroatoms. The second-order valence-electron chi connectivity index (χ2n) is 5.53. The van der Waals surface area contributed by atoms with Gasteiger partial charge in [0.25, 0.3) is 0 Å². The minimum absolute atomic E-state index is 0.139. The van der Waals surface area contributed by atoms with E-state index in [2.05, 4.69) is 10.3 Å². The number of carbonyl (C=O) groups excluding carboxylic acids is 2. The molecule has 0 spiro atoms. The number of nitrogens with zero attached hydrogens (tertiary/aromatic N) is 3. The van der Waals surface area contributed by atoms with E-state index in [1.807, 2.05) is 17.2 Å². The van der Waals surface area contributed by atoms with Gasteiger partial charge in [-0.15, -0.1) is 11.3 Å². The van der Waals surface area contributed by atoms with Crippen molar-refractivity contribution >= 4 is 23.3 Å². The SMILES string of the molecule is CCN1C[C@@H](CNC(=O)N(CCOC)Cc2nccs2)CC1=O. The van der Waals surface area contributed by atoms with Gasteiger partial charge in [-0.1, -0.05) is 0 Å². The first kappa shape index (κ1) is 17.7. The van der Waals surface area contributed by atoms with E-state index in [4.69, 9.17) is 4.74 Å². The molecular weight excluding hydrogens is 316 g/mol. The molecule has 0 saturated carbocycles. The predicted molar refractivity (Wildman–Crippen MR) is 88.2 cm³/mol. The van der Waals surface area contributed by atoms with Crippen LogP contribution in [0.3, 0.4) is 0 Å². The fourth-order valence-corrected chi connectivity index (χ4v) is 3.22. The lowest BCUT2D eigenvalue weighted by atomic mass is 10.1. The fraction of sp³-hybridized carbons (Fsp3) is 0.667. The molecule has 2 rings (SSSR count). The highest BCUT2D eigenvalue weighted by Gasteiger charge is 2.28. The van der Waals surface area contributed by atoms with Crippen molar-refractivity contribution in [3.8, 4) is 0 Å². The number of nitrogens with one attached hydrogen (secondary N) is 1. The van der Waals surface area contributed by atoms with Crippen LogP contribution in [0.25, 0.3) is 0 Å². The Bertz CT molecular complexity index is 509. The number of likely N-dealkylation sites (tertiary alicyclic amines) is 1. The Morgan fingerprint density at radius 3 is 3.04 bits per heavy atom. The van der Waals surface area contributed by atoms with Crippen molar-refractivity contribution in [2.75, 3.05) is 39.9 Å². The van der Waals surface area contributed by atoms with Crippen molar-refractivity contribution in [1.29, 1.82) is 0 Å². The lowest BCUT2D eigenvalue weighted by molar-refractivity contribution is -0.127.